The summed E-state index contributed by atoms with van der Waals surface area (Å²) in [4.78, 5) is 25.1. The third-order valence-electron chi connectivity index (χ3n) is 5.20. The minimum absolute atomic E-state index is 0.0871. The van der Waals surface area contributed by atoms with Gasteiger partial charge in [-0.25, -0.2) is 0 Å². The van der Waals surface area contributed by atoms with Crippen LogP contribution in [0.5, 0.6) is 0 Å². The lowest BCUT2D eigenvalue weighted by atomic mass is 10.1. The van der Waals surface area contributed by atoms with Crippen molar-refractivity contribution in [1.29, 1.82) is 0 Å². The van der Waals surface area contributed by atoms with E-state index in [1.165, 1.54) is 18.2 Å². The van der Waals surface area contributed by atoms with E-state index in [2.05, 4.69) is 5.32 Å². The van der Waals surface area contributed by atoms with Crippen LogP contribution >= 0.6 is 58.0 Å². The van der Waals surface area contributed by atoms with Crippen molar-refractivity contribution in [3.05, 3.63) is 62.6 Å². The Kier molecular flexibility index (Phi) is 8.09. The lowest BCUT2D eigenvalue weighted by Gasteiger charge is -2.19. The van der Waals surface area contributed by atoms with Gasteiger partial charge in [-0.2, -0.15) is 22.0 Å². The zero-order chi connectivity index (χ0) is 26.3. The highest BCUT2D eigenvalue weighted by Gasteiger charge is 2.67. The molecule has 0 spiro atoms. The van der Waals surface area contributed by atoms with Crippen molar-refractivity contribution in [2.24, 2.45) is 5.92 Å². The molecule has 3 rings (SSSR count). The molecule has 2 aromatic carbocycles. The third-order valence-corrected chi connectivity index (χ3v) is 6.90. The summed E-state index contributed by atoms with van der Waals surface area (Å²) >= 11 is 30.5. The number of nitrogens with one attached hydrogen (secondary N) is 2. The van der Waals surface area contributed by atoms with Crippen LogP contribution in [0.2, 0.25) is 15.1 Å². The Bertz CT molecular complexity index is 1140. The van der Waals surface area contributed by atoms with E-state index in [1.54, 1.807) is 12.1 Å². The van der Waals surface area contributed by atoms with Gasteiger partial charge in [0.05, 0.1) is 16.5 Å². The molecule has 0 aromatic heterocycles. The largest absolute Gasteiger partial charge is 0.453 e. The highest BCUT2D eigenvalue weighted by Crippen LogP contribution is 2.65. The van der Waals surface area contributed by atoms with E-state index in [9.17, 15) is 31.5 Å². The zero-order valence-electron chi connectivity index (χ0n) is 17.1. The summed E-state index contributed by atoms with van der Waals surface area (Å²) in [6.07, 6.45) is -7.39. The summed E-state index contributed by atoms with van der Waals surface area (Å²) in [7, 11) is 0. The van der Waals surface area contributed by atoms with Gasteiger partial charge in [0.15, 0.2) is 0 Å². The third kappa shape index (κ3) is 6.25. The summed E-state index contributed by atoms with van der Waals surface area (Å²) in [6, 6.07) is 8.36. The van der Waals surface area contributed by atoms with Crippen molar-refractivity contribution >= 4 is 75.5 Å². The van der Waals surface area contributed by atoms with Crippen molar-refractivity contribution in [2.45, 2.75) is 28.8 Å². The average Bonchev–Trinajstić information content (AvgIpc) is 3.29. The molecule has 2 amide bonds. The standard InChI is InChI=1S/C21H14Cl5F5N2O2/c22-10-5-9(6-11(23)7-10)15-16(20(15,25)26)18(35)33-12-1-2-14(24)13(8-12)17(34)32-4-3-19(27,28)21(29,30)31/h1-2,5-8,15-16H,3-4H2,(H,32,34)(H,33,35)/t15-,16+/m0/s1. The van der Waals surface area contributed by atoms with E-state index < -0.39 is 53.0 Å². The van der Waals surface area contributed by atoms with Gasteiger partial charge < -0.3 is 10.6 Å². The molecule has 1 aliphatic carbocycles. The van der Waals surface area contributed by atoms with E-state index in [0.717, 1.165) is 6.07 Å². The Morgan fingerprint density at radius 2 is 1.54 bits per heavy atom. The first-order valence-corrected chi connectivity index (χ1v) is 11.6. The van der Waals surface area contributed by atoms with Crippen LogP contribution < -0.4 is 10.6 Å². The molecule has 1 fully saturated rings. The molecule has 0 bridgehead atoms. The quantitative estimate of drug-likeness (QED) is 0.256. The van der Waals surface area contributed by atoms with Crippen molar-refractivity contribution in [2.75, 3.05) is 11.9 Å². The van der Waals surface area contributed by atoms with Crippen LogP contribution in [0.4, 0.5) is 27.6 Å². The molecular weight excluding hydrogens is 584 g/mol. The van der Waals surface area contributed by atoms with Crippen molar-refractivity contribution in [3.8, 4) is 0 Å². The van der Waals surface area contributed by atoms with Crippen molar-refractivity contribution in [1.82, 2.24) is 5.32 Å². The van der Waals surface area contributed by atoms with E-state index >= 15 is 0 Å². The second-order valence-corrected chi connectivity index (χ2v) is 10.4. The first kappa shape index (κ1) is 28.1. The lowest BCUT2D eigenvalue weighted by Crippen LogP contribution is -2.40. The monoisotopic (exact) mass is 596 g/mol. The maximum Gasteiger partial charge on any atom is 0.453 e. The zero-order valence-corrected chi connectivity index (χ0v) is 20.9. The van der Waals surface area contributed by atoms with Crippen molar-refractivity contribution < 1.29 is 31.5 Å². The Morgan fingerprint density at radius 3 is 2.11 bits per heavy atom. The molecule has 0 heterocycles. The highest BCUT2D eigenvalue weighted by atomic mass is 35.5. The Balaban J connectivity index is 1.68. The predicted molar refractivity (Wildman–Crippen MR) is 125 cm³/mol. The number of carbonyl (C=O) groups excluding carboxylic acids is 2. The molecule has 2 atom stereocenters. The van der Waals surface area contributed by atoms with Crippen LogP contribution in [0.15, 0.2) is 36.4 Å². The molecule has 0 aliphatic heterocycles. The van der Waals surface area contributed by atoms with Gasteiger partial charge in [0, 0.05) is 34.6 Å². The molecule has 2 N–H and O–H groups in total. The Hall–Kier alpha value is -1.52. The van der Waals surface area contributed by atoms with Gasteiger partial charge in [0.1, 0.15) is 4.33 Å². The molecular formula is C21H14Cl5F5N2O2. The number of halogens is 10. The summed E-state index contributed by atoms with van der Waals surface area (Å²) in [5, 5.41) is 5.01. The smallest absolute Gasteiger partial charge is 0.352 e. The minimum atomic E-state index is -5.74. The minimum Gasteiger partial charge on any atom is -0.352 e. The van der Waals surface area contributed by atoms with Gasteiger partial charge in [0.25, 0.3) is 5.91 Å². The number of alkyl halides is 7. The second-order valence-electron chi connectivity index (χ2n) is 7.72. The molecule has 14 heteroatoms. The molecule has 1 aliphatic rings. The van der Waals surface area contributed by atoms with Crippen LogP contribution in [-0.4, -0.2) is 34.8 Å². The molecule has 35 heavy (non-hydrogen) atoms. The van der Waals surface area contributed by atoms with Gasteiger partial charge >= 0.3 is 12.1 Å². The summed E-state index contributed by atoms with van der Waals surface area (Å²) < 4.78 is 61.4. The molecule has 2 aromatic rings. The number of amides is 2. The molecule has 1 saturated carbocycles. The summed E-state index contributed by atoms with van der Waals surface area (Å²) in [5.74, 6) is -8.12. The first-order valence-electron chi connectivity index (χ1n) is 9.71. The fourth-order valence-electron chi connectivity index (χ4n) is 3.39. The summed E-state index contributed by atoms with van der Waals surface area (Å²) in [6.45, 7) is -0.967. The second kappa shape index (κ2) is 10.1. The highest BCUT2D eigenvalue weighted by molar-refractivity contribution is 6.53. The predicted octanol–water partition coefficient (Wildman–Crippen LogP) is 7.49. The average molecular weight is 599 g/mol. The Labute approximate surface area is 221 Å². The molecule has 190 valence electrons. The fourth-order valence-corrected chi connectivity index (χ4v) is 4.96. The van der Waals surface area contributed by atoms with Crippen LogP contribution in [0.25, 0.3) is 0 Å². The maximum absolute atomic E-state index is 13.0. The first-order chi connectivity index (χ1) is 16.0. The SMILES string of the molecule is O=C(NCCC(F)(F)C(F)(F)F)c1cc(NC(=O)[C@H]2[C@H](c3cc(Cl)cc(Cl)c3)C2(Cl)Cl)ccc1Cl. The lowest BCUT2D eigenvalue weighted by molar-refractivity contribution is -0.283. The van der Waals surface area contributed by atoms with E-state index in [4.69, 9.17) is 58.0 Å². The number of hydrogen-bond donors (Lipinski definition) is 2. The molecule has 0 saturated heterocycles. The summed E-state index contributed by atoms with van der Waals surface area (Å²) in [5.41, 5.74) is 0.375. The number of hydrogen-bond acceptors (Lipinski definition) is 2. The van der Waals surface area contributed by atoms with Crippen LogP contribution in [0.3, 0.4) is 0 Å². The van der Waals surface area contributed by atoms with E-state index in [-0.39, 0.29) is 16.3 Å². The number of benzene rings is 2. The fraction of sp³-hybridized carbons (Fsp3) is 0.333. The van der Waals surface area contributed by atoms with Gasteiger partial charge in [-0.1, -0.05) is 34.8 Å². The molecule has 0 radical (unpaired) electrons. The van der Waals surface area contributed by atoms with Gasteiger partial charge in [-0.15, -0.1) is 23.2 Å². The van der Waals surface area contributed by atoms with Crippen LogP contribution in [-0.2, 0) is 4.79 Å². The van der Waals surface area contributed by atoms with Crippen molar-refractivity contribution in [3.63, 3.8) is 0 Å². The number of carbonyl (C=O) groups is 2. The van der Waals surface area contributed by atoms with Crippen LogP contribution in [0, 0.1) is 5.92 Å². The van der Waals surface area contributed by atoms with E-state index in [0.29, 0.717) is 15.6 Å². The normalized spacial score (nSPS) is 19.3. The number of anilines is 1. The molecule has 0 unspecified atom stereocenters. The number of rotatable bonds is 7. The van der Waals surface area contributed by atoms with Gasteiger partial charge in [-0.05, 0) is 42.0 Å². The van der Waals surface area contributed by atoms with Gasteiger partial charge in [0.2, 0.25) is 5.91 Å². The molecule has 4 nitrogen and oxygen atoms in total. The Morgan fingerprint density at radius 1 is 0.943 bits per heavy atom. The van der Waals surface area contributed by atoms with Crippen LogP contribution in [0.1, 0.15) is 28.3 Å². The van der Waals surface area contributed by atoms with Gasteiger partial charge in [-0.3, -0.25) is 9.59 Å². The maximum atomic E-state index is 13.0. The van der Waals surface area contributed by atoms with E-state index in [1.807, 2.05) is 5.32 Å². The topological polar surface area (TPSA) is 58.2 Å².